The first-order chi connectivity index (χ1) is 15.2. The van der Waals surface area contributed by atoms with Gasteiger partial charge in [-0.1, -0.05) is 11.2 Å². The van der Waals surface area contributed by atoms with Crippen molar-refractivity contribution >= 4 is 17.6 Å². The molecule has 1 atom stereocenters. The molecule has 0 radical (unpaired) electrons. The van der Waals surface area contributed by atoms with Crippen molar-refractivity contribution in [3.8, 4) is 11.4 Å². The van der Waals surface area contributed by atoms with Crippen molar-refractivity contribution in [3.05, 3.63) is 59.7 Å². The van der Waals surface area contributed by atoms with E-state index in [9.17, 15) is 5.11 Å². The summed E-state index contributed by atoms with van der Waals surface area (Å²) in [6.07, 6.45) is 3.60. The summed E-state index contributed by atoms with van der Waals surface area (Å²) in [5.41, 5.74) is 2.93. The average Bonchev–Trinajstić information content (AvgIpc) is 3.55. The molecule has 0 saturated carbocycles. The molecule has 4 aromatic heterocycles. The molecule has 3 N–H and O–H groups in total. The number of pyridine rings is 1. The zero-order valence-corrected chi connectivity index (χ0v) is 17.0. The van der Waals surface area contributed by atoms with Crippen molar-refractivity contribution in [3.63, 3.8) is 0 Å². The lowest BCUT2D eigenvalue weighted by Crippen LogP contribution is -2.25. The summed E-state index contributed by atoms with van der Waals surface area (Å²) >= 11 is 0. The molecule has 0 aliphatic carbocycles. The van der Waals surface area contributed by atoms with Crippen LogP contribution in [0, 0.1) is 6.92 Å². The number of aromatic amines is 1. The van der Waals surface area contributed by atoms with Gasteiger partial charge in [-0.3, -0.25) is 10.1 Å². The Morgan fingerprint density at radius 1 is 1.19 bits per heavy atom. The topological polar surface area (TPSA) is 129 Å². The molecule has 0 unspecified atom stereocenters. The lowest BCUT2D eigenvalue weighted by molar-refractivity contribution is 0.276. The summed E-state index contributed by atoms with van der Waals surface area (Å²) in [5.74, 6) is 2.49. The Morgan fingerprint density at radius 2 is 2.13 bits per heavy atom. The fourth-order valence-corrected chi connectivity index (χ4v) is 3.75. The van der Waals surface area contributed by atoms with Gasteiger partial charge in [-0.25, -0.2) is 4.98 Å². The summed E-state index contributed by atoms with van der Waals surface area (Å²) in [4.78, 5) is 15.6. The summed E-state index contributed by atoms with van der Waals surface area (Å²) in [6, 6.07) is 11.2. The number of rotatable bonds is 6. The van der Waals surface area contributed by atoms with E-state index in [-0.39, 0.29) is 12.6 Å². The van der Waals surface area contributed by atoms with Crippen molar-refractivity contribution < 1.29 is 9.63 Å². The Balaban J connectivity index is 1.43. The quantitative estimate of drug-likeness (QED) is 0.432. The Labute approximate surface area is 178 Å². The van der Waals surface area contributed by atoms with Gasteiger partial charge in [0, 0.05) is 36.6 Å². The molecule has 0 bridgehead atoms. The maximum Gasteiger partial charge on any atom is 0.228 e. The van der Waals surface area contributed by atoms with Gasteiger partial charge in [-0.2, -0.15) is 10.1 Å². The van der Waals surface area contributed by atoms with E-state index in [2.05, 4.69) is 40.5 Å². The van der Waals surface area contributed by atoms with E-state index in [1.807, 2.05) is 37.3 Å². The number of hydrogen-bond donors (Lipinski definition) is 3. The molecule has 10 nitrogen and oxygen atoms in total. The zero-order valence-electron chi connectivity index (χ0n) is 17.0. The maximum atomic E-state index is 9.72. The Hall–Kier alpha value is -3.79. The van der Waals surface area contributed by atoms with Gasteiger partial charge in [-0.15, -0.1) is 0 Å². The molecule has 5 heterocycles. The van der Waals surface area contributed by atoms with Gasteiger partial charge in [0.05, 0.1) is 24.0 Å². The lowest BCUT2D eigenvalue weighted by atomic mass is 10.1. The highest BCUT2D eigenvalue weighted by molar-refractivity contribution is 5.56. The zero-order chi connectivity index (χ0) is 21.2. The van der Waals surface area contributed by atoms with Gasteiger partial charge < -0.3 is 19.8 Å². The van der Waals surface area contributed by atoms with Gasteiger partial charge >= 0.3 is 0 Å². The van der Waals surface area contributed by atoms with Crippen molar-refractivity contribution in [1.82, 2.24) is 30.3 Å². The second kappa shape index (κ2) is 8.15. The van der Waals surface area contributed by atoms with Crippen molar-refractivity contribution in [2.24, 2.45) is 0 Å². The highest BCUT2D eigenvalue weighted by atomic mass is 16.5. The molecule has 0 aromatic carbocycles. The average molecular weight is 418 g/mol. The molecule has 4 aromatic rings. The SMILES string of the molecule is Cc1cc(Nc2cc(CO)nc(N3CCC[C@H]3c3cc(-c4ccccn4)no3)n2)n[nH]1. The highest BCUT2D eigenvalue weighted by Crippen LogP contribution is 2.36. The first-order valence-corrected chi connectivity index (χ1v) is 10.1. The number of H-pyrrole nitrogens is 1. The van der Waals surface area contributed by atoms with E-state index in [1.165, 1.54) is 0 Å². The minimum absolute atomic E-state index is 0.0422. The molecular weight excluding hydrogens is 396 g/mol. The predicted octanol–water partition coefficient (Wildman–Crippen LogP) is 3.14. The van der Waals surface area contributed by atoms with E-state index in [0.717, 1.165) is 36.5 Å². The molecule has 5 rings (SSSR count). The second-order valence-electron chi connectivity index (χ2n) is 7.44. The fourth-order valence-electron chi connectivity index (χ4n) is 3.75. The molecular formula is C21H22N8O2. The third-order valence-electron chi connectivity index (χ3n) is 5.19. The monoisotopic (exact) mass is 418 g/mol. The van der Waals surface area contributed by atoms with Crippen LogP contribution in [0.5, 0.6) is 0 Å². The van der Waals surface area contributed by atoms with E-state index in [4.69, 9.17) is 4.52 Å². The number of aromatic nitrogens is 6. The molecule has 1 saturated heterocycles. The third-order valence-corrected chi connectivity index (χ3v) is 5.19. The number of aryl methyl sites for hydroxylation is 1. The minimum Gasteiger partial charge on any atom is -0.390 e. The Bertz CT molecular complexity index is 1170. The summed E-state index contributed by atoms with van der Waals surface area (Å²) in [7, 11) is 0. The van der Waals surface area contributed by atoms with E-state index < -0.39 is 0 Å². The van der Waals surface area contributed by atoms with Crippen LogP contribution in [0.25, 0.3) is 11.4 Å². The first-order valence-electron chi connectivity index (χ1n) is 10.1. The fraction of sp³-hybridized carbons (Fsp3) is 0.286. The molecule has 1 aliphatic rings. The number of hydrogen-bond acceptors (Lipinski definition) is 9. The normalized spacial score (nSPS) is 16.1. The van der Waals surface area contributed by atoms with Crippen LogP contribution in [0.1, 0.15) is 36.0 Å². The van der Waals surface area contributed by atoms with E-state index >= 15 is 0 Å². The summed E-state index contributed by atoms with van der Waals surface area (Å²) in [5, 5.41) is 24.2. The smallest absolute Gasteiger partial charge is 0.228 e. The number of aliphatic hydroxyl groups excluding tert-OH is 1. The van der Waals surface area contributed by atoms with Crippen LogP contribution in [-0.2, 0) is 6.61 Å². The van der Waals surface area contributed by atoms with Crippen LogP contribution in [0.4, 0.5) is 17.6 Å². The summed E-state index contributed by atoms with van der Waals surface area (Å²) < 4.78 is 5.67. The van der Waals surface area contributed by atoms with Crippen LogP contribution in [0.15, 0.2) is 47.1 Å². The first kappa shape index (κ1) is 19.2. The number of anilines is 3. The molecule has 10 heteroatoms. The molecule has 0 spiro atoms. The van der Waals surface area contributed by atoms with Crippen LogP contribution in [0.2, 0.25) is 0 Å². The highest BCUT2D eigenvalue weighted by Gasteiger charge is 2.32. The largest absolute Gasteiger partial charge is 0.390 e. The van der Waals surface area contributed by atoms with Crippen LogP contribution in [-0.4, -0.2) is 42.0 Å². The Morgan fingerprint density at radius 3 is 2.90 bits per heavy atom. The van der Waals surface area contributed by atoms with Crippen LogP contribution in [0.3, 0.4) is 0 Å². The van der Waals surface area contributed by atoms with E-state index in [0.29, 0.717) is 29.0 Å². The number of aliphatic hydroxyl groups is 1. The van der Waals surface area contributed by atoms with Crippen LogP contribution >= 0.6 is 0 Å². The van der Waals surface area contributed by atoms with E-state index in [1.54, 1.807) is 12.3 Å². The van der Waals surface area contributed by atoms with Crippen LogP contribution < -0.4 is 10.2 Å². The predicted molar refractivity (Wildman–Crippen MR) is 114 cm³/mol. The van der Waals surface area contributed by atoms with Crippen molar-refractivity contribution in [1.29, 1.82) is 0 Å². The Kier molecular flexibility index (Phi) is 5.04. The second-order valence-corrected chi connectivity index (χ2v) is 7.44. The van der Waals surface area contributed by atoms with Gasteiger partial charge in [0.15, 0.2) is 11.6 Å². The standard InChI is InChI=1S/C21H22N8O2/c1-13-9-20(27-26-13)24-19-10-14(12-30)23-21(25-19)29-8-4-6-17(29)18-11-16(28-31-18)15-5-2-3-7-22-15/h2-3,5,7,9-11,17,30H,4,6,8,12H2,1H3,(H2,23,24,25,26,27)/t17-/m0/s1. The molecule has 31 heavy (non-hydrogen) atoms. The minimum atomic E-state index is -0.186. The van der Waals surface area contributed by atoms with Gasteiger partial charge in [-0.05, 0) is 31.9 Å². The molecule has 1 aliphatic heterocycles. The van der Waals surface area contributed by atoms with Gasteiger partial charge in [0.2, 0.25) is 5.95 Å². The van der Waals surface area contributed by atoms with Crippen molar-refractivity contribution in [2.75, 3.05) is 16.8 Å². The molecule has 0 amide bonds. The molecule has 158 valence electrons. The van der Waals surface area contributed by atoms with Crippen molar-refractivity contribution in [2.45, 2.75) is 32.4 Å². The lowest BCUT2D eigenvalue weighted by Gasteiger charge is -2.23. The number of nitrogens with one attached hydrogen (secondary N) is 2. The van der Waals surface area contributed by atoms with Gasteiger partial charge in [0.1, 0.15) is 11.5 Å². The third kappa shape index (κ3) is 3.97. The number of nitrogens with zero attached hydrogens (tertiary/aromatic N) is 6. The summed E-state index contributed by atoms with van der Waals surface area (Å²) in [6.45, 7) is 2.52. The van der Waals surface area contributed by atoms with Gasteiger partial charge in [0.25, 0.3) is 0 Å². The maximum absolute atomic E-state index is 9.72. The molecule has 1 fully saturated rings.